The van der Waals surface area contributed by atoms with Gasteiger partial charge in [-0.05, 0) is 49.9 Å². The molecule has 0 bridgehead atoms. The first-order chi connectivity index (χ1) is 14.1. The lowest BCUT2D eigenvalue weighted by atomic mass is 9.94. The van der Waals surface area contributed by atoms with Crippen molar-refractivity contribution in [1.29, 1.82) is 0 Å². The Morgan fingerprint density at radius 3 is 3.00 bits per heavy atom. The molecule has 2 N–H and O–H groups in total. The van der Waals surface area contributed by atoms with E-state index in [9.17, 15) is 9.90 Å². The highest BCUT2D eigenvalue weighted by Crippen LogP contribution is 2.37. The van der Waals surface area contributed by atoms with Crippen LogP contribution in [0, 0.1) is 6.92 Å². The SMILES string of the molecule is Cc1cn(C(c2cccc3[nH]nnc23)C2CCCCO2)c2cc(C(=O)O)ccc12. The Balaban J connectivity index is 1.76. The highest BCUT2D eigenvalue weighted by Gasteiger charge is 2.31. The van der Waals surface area contributed by atoms with Gasteiger partial charge < -0.3 is 14.4 Å². The Hall–Kier alpha value is -3.19. The smallest absolute Gasteiger partial charge is 0.335 e. The van der Waals surface area contributed by atoms with Crippen molar-refractivity contribution in [1.82, 2.24) is 20.0 Å². The summed E-state index contributed by atoms with van der Waals surface area (Å²) in [5.41, 5.74) is 5.00. The van der Waals surface area contributed by atoms with Crippen molar-refractivity contribution >= 4 is 27.9 Å². The van der Waals surface area contributed by atoms with Gasteiger partial charge in [-0.25, -0.2) is 4.79 Å². The molecule has 1 saturated heterocycles. The third-order valence-corrected chi connectivity index (χ3v) is 5.85. The van der Waals surface area contributed by atoms with E-state index >= 15 is 0 Å². The maximum absolute atomic E-state index is 11.6. The molecule has 0 amide bonds. The number of carboxylic acid groups (broad SMARTS) is 1. The van der Waals surface area contributed by atoms with Crippen molar-refractivity contribution in [3.05, 3.63) is 59.3 Å². The summed E-state index contributed by atoms with van der Waals surface area (Å²) in [5.74, 6) is -0.929. The molecule has 0 saturated carbocycles. The van der Waals surface area contributed by atoms with Gasteiger partial charge in [-0.1, -0.05) is 23.4 Å². The minimum Gasteiger partial charge on any atom is -0.478 e. The van der Waals surface area contributed by atoms with Crippen molar-refractivity contribution in [2.75, 3.05) is 6.61 Å². The molecule has 3 heterocycles. The number of hydrogen-bond donors (Lipinski definition) is 2. The van der Waals surface area contributed by atoms with E-state index in [-0.39, 0.29) is 17.7 Å². The number of aromatic carboxylic acids is 1. The molecule has 0 spiro atoms. The van der Waals surface area contributed by atoms with Crippen LogP contribution in [0.25, 0.3) is 21.9 Å². The van der Waals surface area contributed by atoms with Crippen molar-refractivity contribution in [2.45, 2.75) is 38.3 Å². The predicted octanol–water partition coefficient (Wildman–Crippen LogP) is 4.08. The van der Waals surface area contributed by atoms with Crippen LogP contribution in [0.2, 0.25) is 0 Å². The number of rotatable bonds is 4. The second-order valence-corrected chi connectivity index (χ2v) is 7.66. The molecule has 2 atom stereocenters. The fourth-order valence-electron chi connectivity index (χ4n) is 4.46. The number of H-pyrrole nitrogens is 1. The molecule has 2 aromatic carbocycles. The lowest BCUT2D eigenvalue weighted by Gasteiger charge is -2.32. The Kier molecular flexibility index (Phi) is 4.32. The predicted molar refractivity (Wildman–Crippen MR) is 109 cm³/mol. The first kappa shape index (κ1) is 17.9. The number of nitrogens with zero attached hydrogens (tertiary/aromatic N) is 3. The maximum atomic E-state index is 11.6. The minimum atomic E-state index is -0.929. The first-order valence-corrected chi connectivity index (χ1v) is 9.89. The van der Waals surface area contributed by atoms with Crippen LogP contribution >= 0.6 is 0 Å². The minimum absolute atomic E-state index is 0.0189. The third-order valence-electron chi connectivity index (χ3n) is 5.85. The summed E-state index contributed by atoms with van der Waals surface area (Å²) < 4.78 is 8.38. The van der Waals surface area contributed by atoms with E-state index < -0.39 is 5.97 Å². The molecule has 7 nitrogen and oxygen atoms in total. The molecule has 2 unspecified atom stereocenters. The third kappa shape index (κ3) is 2.98. The summed E-state index contributed by atoms with van der Waals surface area (Å²) in [6.07, 6.45) is 5.18. The normalized spacial score (nSPS) is 18.3. The van der Waals surface area contributed by atoms with Crippen LogP contribution < -0.4 is 0 Å². The molecule has 4 aromatic rings. The van der Waals surface area contributed by atoms with Gasteiger partial charge in [-0.15, -0.1) is 5.10 Å². The maximum Gasteiger partial charge on any atom is 0.335 e. The highest BCUT2D eigenvalue weighted by molar-refractivity contribution is 5.94. The van der Waals surface area contributed by atoms with Crippen LogP contribution in [-0.2, 0) is 4.74 Å². The molecule has 5 rings (SSSR count). The summed E-state index contributed by atoms with van der Waals surface area (Å²) in [5, 5.41) is 21.8. The Labute approximate surface area is 167 Å². The van der Waals surface area contributed by atoms with Gasteiger partial charge in [0.25, 0.3) is 0 Å². The standard InChI is InChI=1S/C22H22N4O3/c1-13-12-26(18-11-14(22(27)28)8-9-15(13)18)21(19-7-2-3-10-29-19)16-5-4-6-17-20(16)24-25-23-17/h4-6,8-9,11-12,19,21H,2-3,7,10H2,1H3,(H,27,28)(H,23,24,25). The number of benzene rings is 2. The van der Waals surface area contributed by atoms with E-state index in [0.29, 0.717) is 0 Å². The zero-order chi connectivity index (χ0) is 20.0. The summed E-state index contributed by atoms with van der Waals surface area (Å²) in [6.45, 7) is 2.78. The Morgan fingerprint density at radius 2 is 2.21 bits per heavy atom. The summed E-state index contributed by atoms with van der Waals surface area (Å²) in [4.78, 5) is 11.6. The van der Waals surface area contributed by atoms with E-state index in [1.54, 1.807) is 12.1 Å². The van der Waals surface area contributed by atoms with Crippen LogP contribution in [0.4, 0.5) is 0 Å². The van der Waals surface area contributed by atoms with E-state index in [1.807, 2.05) is 18.2 Å². The second kappa shape index (κ2) is 7.00. The molecular weight excluding hydrogens is 368 g/mol. The number of fused-ring (bicyclic) bond motifs is 2. The van der Waals surface area contributed by atoms with E-state index in [4.69, 9.17) is 4.74 Å². The van der Waals surface area contributed by atoms with Gasteiger partial charge in [-0.3, -0.25) is 5.10 Å². The molecule has 1 aliphatic heterocycles. The molecule has 0 radical (unpaired) electrons. The molecule has 0 aliphatic carbocycles. The van der Waals surface area contributed by atoms with Crippen molar-refractivity contribution < 1.29 is 14.6 Å². The molecule has 1 fully saturated rings. The number of carboxylic acids is 1. The first-order valence-electron chi connectivity index (χ1n) is 9.89. The van der Waals surface area contributed by atoms with E-state index in [2.05, 4.69) is 39.2 Å². The Bertz CT molecular complexity index is 1200. The average Bonchev–Trinajstić information content (AvgIpc) is 3.34. The zero-order valence-corrected chi connectivity index (χ0v) is 16.1. The van der Waals surface area contributed by atoms with Gasteiger partial charge >= 0.3 is 5.97 Å². The Morgan fingerprint density at radius 1 is 1.31 bits per heavy atom. The second-order valence-electron chi connectivity index (χ2n) is 7.66. The van der Waals surface area contributed by atoms with Crippen LogP contribution in [0.3, 0.4) is 0 Å². The van der Waals surface area contributed by atoms with Crippen molar-refractivity contribution in [3.8, 4) is 0 Å². The van der Waals surface area contributed by atoms with Crippen molar-refractivity contribution in [3.63, 3.8) is 0 Å². The summed E-state index contributed by atoms with van der Waals surface area (Å²) >= 11 is 0. The van der Waals surface area contributed by atoms with Gasteiger partial charge in [0.15, 0.2) is 0 Å². The molecular formula is C22H22N4O3. The fraction of sp³-hybridized carbons (Fsp3) is 0.318. The monoisotopic (exact) mass is 390 g/mol. The zero-order valence-electron chi connectivity index (χ0n) is 16.1. The van der Waals surface area contributed by atoms with Gasteiger partial charge in [0.1, 0.15) is 5.52 Å². The van der Waals surface area contributed by atoms with Gasteiger partial charge in [-0.2, -0.15) is 0 Å². The number of aryl methyl sites for hydroxylation is 1. The van der Waals surface area contributed by atoms with Crippen LogP contribution in [-0.4, -0.2) is 43.8 Å². The number of nitrogens with one attached hydrogen (secondary N) is 1. The molecule has 1 aliphatic rings. The number of aromatic amines is 1. The van der Waals surface area contributed by atoms with E-state index in [0.717, 1.165) is 58.9 Å². The lowest BCUT2D eigenvalue weighted by molar-refractivity contribution is -0.00606. The topological polar surface area (TPSA) is 93.0 Å². The van der Waals surface area contributed by atoms with Crippen molar-refractivity contribution in [2.24, 2.45) is 0 Å². The summed E-state index contributed by atoms with van der Waals surface area (Å²) in [7, 11) is 0. The fourth-order valence-corrected chi connectivity index (χ4v) is 4.46. The number of ether oxygens (including phenoxy) is 1. The number of carbonyl (C=O) groups is 1. The molecule has 2 aromatic heterocycles. The largest absolute Gasteiger partial charge is 0.478 e. The number of hydrogen-bond acceptors (Lipinski definition) is 4. The van der Waals surface area contributed by atoms with Crippen LogP contribution in [0.5, 0.6) is 0 Å². The summed E-state index contributed by atoms with van der Waals surface area (Å²) in [6, 6.07) is 11.2. The van der Waals surface area contributed by atoms with E-state index in [1.165, 1.54) is 0 Å². The quantitative estimate of drug-likeness (QED) is 0.548. The van der Waals surface area contributed by atoms with Crippen LogP contribution in [0.1, 0.15) is 46.8 Å². The van der Waals surface area contributed by atoms with Gasteiger partial charge in [0.2, 0.25) is 0 Å². The lowest BCUT2D eigenvalue weighted by Crippen LogP contribution is -2.31. The molecule has 148 valence electrons. The number of aromatic nitrogens is 4. The highest BCUT2D eigenvalue weighted by atomic mass is 16.5. The molecule has 29 heavy (non-hydrogen) atoms. The van der Waals surface area contributed by atoms with Gasteiger partial charge in [0, 0.05) is 29.3 Å². The van der Waals surface area contributed by atoms with Crippen LogP contribution in [0.15, 0.2) is 42.6 Å². The molecule has 7 heteroatoms. The van der Waals surface area contributed by atoms with Gasteiger partial charge in [0.05, 0.1) is 23.2 Å². The average molecular weight is 390 g/mol.